The van der Waals surface area contributed by atoms with Crippen LogP contribution in [0, 0.1) is 0 Å². The van der Waals surface area contributed by atoms with Crippen molar-refractivity contribution in [2.75, 3.05) is 13.7 Å². The summed E-state index contributed by atoms with van der Waals surface area (Å²) in [6.07, 6.45) is 2.05. The van der Waals surface area contributed by atoms with Gasteiger partial charge in [-0.2, -0.15) is 0 Å². The van der Waals surface area contributed by atoms with Gasteiger partial charge in [-0.15, -0.1) is 0 Å². The average Bonchev–Trinajstić information content (AvgIpc) is 2.77. The van der Waals surface area contributed by atoms with Crippen LogP contribution in [0.2, 0.25) is 0 Å². The molecule has 1 aliphatic heterocycles. The number of methoxy groups -OCH3 is 1. The third kappa shape index (κ3) is 4.37. The Morgan fingerprint density at radius 2 is 1.95 bits per heavy atom. The van der Waals surface area contributed by atoms with Crippen LogP contribution in [-0.2, 0) is 14.3 Å². The number of amides is 1. The number of hydrogen-bond donors (Lipinski definition) is 1. The maximum atomic E-state index is 12.3. The summed E-state index contributed by atoms with van der Waals surface area (Å²) in [6.45, 7) is 5.44. The van der Waals surface area contributed by atoms with Crippen molar-refractivity contribution in [2.45, 2.75) is 64.1 Å². The zero-order valence-corrected chi connectivity index (χ0v) is 12.7. The van der Waals surface area contributed by atoms with Crippen LogP contribution in [-0.4, -0.2) is 53.5 Å². The van der Waals surface area contributed by atoms with E-state index in [2.05, 4.69) is 0 Å². The Bertz CT molecular complexity index is 350. The maximum Gasteiger partial charge on any atom is 0.411 e. The number of ether oxygens (including phenoxy) is 2. The van der Waals surface area contributed by atoms with E-state index < -0.39 is 23.7 Å². The van der Waals surface area contributed by atoms with Gasteiger partial charge >= 0.3 is 12.1 Å². The predicted octanol–water partition coefficient (Wildman–Crippen LogP) is 1.70. The molecular formula is C14H25NO5. The molecule has 0 aromatic carbocycles. The zero-order valence-electron chi connectivity index (χ0n) is 12.7. The molecule has 0 aliphatic carbocycles. The highest BCUT2D eigenvalue weighted by molar-refractivity contribution is 5.82. The lowest BCUT2D eigenvalue weighted by Crippen LogP contribution is -2.47. The van der Waals surface area contributed by atoms with Gasteiger partial charge in [-0.1, -0.05) is 0 Å². The Morgan fingerprint density at radius 1 is 1.30 bits per heavy atom. The molecule has 1 aliphatic rings. The summed E-state index contributed by atoms with van der Waals surface area (Å²) in [6, 6.07) is -0.667. The average molecular weight is 287 g/mol. The van der Waals surface area contributed by atoms with E-state index in [1.807, 2.05) is 0 Å². The smallest absolute Gasteiger partial charge is 0.411 e. The number of aliphatic hydroxyl groups is 1. The van der Waals surface area contributed by atoms with Crippen molar-refractivity contribution in [3.8, 4) is 0 Å². The number of likely N-dealkylation sites (tertiary alicyclic amines) is 1. The minimum atomic E-state index is -0.609. The molecule has 1 N–H and O–H groups in total. The molecule has 1 fully saturated rings. The van der Waals surface area contributed by atoms with E-state index in [9.17, 15) is 9.59 Å². The van der Waals surface area contributed by atoms with Crippen LogP contribution in [0.25, 0.3) is 0 Å². The Labute approximate surface area is 120 Å². The molecule has 0 bridgehead atoms. The minimum absolute atomic E-state index is 0.0710. The van der Waals surface area contributed by atoms with Crippen LogP contribution in [0.5, 0.6) is 0 Å². The molecule has 0 aromatic heterocycles. The zero-order chi connectivity index (χ0) is 15.3. The van der Waals surface area contributed by atoms with Crippen molar-refractivity contribution < 1.29 is 24.2 Å². The second kappa shape index (κ2) is 6.92. The number of hydrogen-bond acceptors (Lipinski definition) is 5. The first-order valence-corrected chi connectivity index (χ1v) is 7.00. The summed E-state index contributed by atoms with van der Waals surface area (Å²) in [7, 11) is 1.32. The number of carbonyl (C=O) groups excluding carboxylic acids is 2. The first kappa shape index (κ1) is 16.8. The molecule has 0 radical (unpaired) electrons. The quantitative estimate of drug-likeness (QED) is 0.796. The molecule has 6 nitrogen and oxygen atoms in total. The highest BCUT2D eigenvalue weighted by atomic mass is 16.6. The second-order valence-electron chi connectivity index (χ2n) is 6.02. The van der Waals surface area contributed by atoms with Gasteiger partial charge in [0, 0.05) is 12.6 Å². The minimum Gasteiger partial charge on any atom is -0.467 e. The van der Waals surface area contributed by atoms with E-state index in [0.29, 0.717) is 19.3 Å². The molecule has 0 saturated carbocycles. The molecule has 1 amide bonds. The van der Waals surface area contributed by atoms with Crippen molar-refractivity contribution in [1.82, 2.24) is 4.90 Å². The van der Waals surface area contributed by atoms with Gasteiger partial charge in [0.1, 0.15) is 11.6 Å². The van der Waals surface area contributed by atoms with Gasteiger partial charge in [0.15, 0.2) is 0 Å². The van der Waals surface area contributed by atoms with Gasteiger partial charge in [0.05, 0.1) is 7.11 Å². The Hall–Kier alpha value is -1.30. The maximum absolute atomic E-state index is 12.3. The third-order valence-corrected chi connectivity index (χ3v) is 3.28. The van der Waals surface area contributed by atoms with Crippen LogP contribution < -0.4 is 0 Å². The van der Waals surface area contributed by atoms with E-state index in [1.54, 1.807) is 20.8 Å². The Morgan fingerprint density at radius 3 is 2.45 bits per heavy atom. The summed E-state index contributed by atoms with van der Waals surface area (Å²) in [5, 5.41) is 8.93. The Balaban J connectivity index is 2.83. The molecular weight excluding hydrogens is 262 g/mol. The van der Waals surface area contributed by atoms with Gasteiger partial charge in [0.2, 0.25) is 0 Å². The van der Waals surface area contributed by atoms with Crippen molar-refractivity contribution in [3.05, 3.63) is 0 Å². The molecule has 1 heterocycles. The summed E-state index contributed by atoms with van der Waals surface area (Å²) >= 11 is 0. The number of nitrogens with zero attached hydrogens (tertiary/aromatic N) is 1. The monoisotopic (exact) mass is 287 g/mol. The lowest BCUT2D eigenvalue weighted by atomic mass is 10.1. The van der Waals surface area contributed by atoms with Gasteiger partial charge < -0.3 is 14.6 Å². The number of esters is 1. The summed E-state index contributed by atoms with van der Waals surface area (Å²) in [5.41, 5.74) is -0.609. The molecule has 1 rings (SSSR count). The first-order chi connectivity index (χ1) is 9.30. The van der Waals surface area contributed by atoms with E-state index in [4.69, 9.17) is 14.6 Å². The molecule has 0 spiro atoms. The number of aliphatic hydroxyl groups excluding tert-OH is 1. The van der Waals surface area contributed by atoms with Crippen LogP contribution >= 0.6 is 0 Å². The van der Waals surface area contributed by atoms with Crippen molar-refractivity contribution >= 4 is 12.1 Å². The molecule has 6 heteroatoms. The second-order valence-corrected chi connectivity index (χ2v) is 6.02. The van der Waals surface area contributed by atoms with Crippen LogP contribution in [0.1, 0.15) is 46.5 Å². The van der Waals surface area contributed by atoms with Gasteiger partial charge in [0.25, 0.3) is 0 Å². The summed E-state index contributed by atoms with van der Waals surface area (Å²) in [5.74, 6) is -0.414. The fourth-order valence-electron chi connectivity index (χ4n) is 2.45. The predicted molar refractivity (Wildman–Crippen MR) is 73.2 cm³/mol. The highest BCUT2D eigenvalue weighted by Gasteiger charge is 2.43. The lowest BCUT2D eigenvalue weighted by molar-refractivity contribution is -0.146. The molecule has 1 saturated heterocycles. The van der Waals surface area contributed by atoms with Crippen LogP contribution in [0.3, 0.4) is 0 Å². The topological polar surface area (TPSA) is 76.1 Å². The van der Waals surface area contributed by atoms with E-state index >= 15 is 0 Å². The normalized spacial score (nSPS) is 22.8. The Kier molecular flexibility index (Phi) is 5.80. The van der Waals surface area contributed by atoms with E-state index in [-0.39, 0.29) is 12.6 Å². The van der Waals surface area contributed by atoms with Crippen molar-refractivity contribution in [3.63, 3.8) is 0 Å². The fraction of sp³-hybridized carbons (Fsp3) is 0.857. The number of carbonyl (C=O) groups is 2. The van der Waals surface area contributed by atoms with Gasteiger partial charge in [-0.3, -0.25) is 4.90 Å². The summed E-state index contributed by atoms with van der Waals surface area (Å²) in [4.78, 5) is 25.6. The van der Waals surface area contributed by atoms with Gasteiger partial charge in [-0.25, -0.2) is 9.59 Å². The fourth-order valence-corrected chi connectivity index (χ4v) is 2.45. The molecule has 116 valence electrons. The van der Waals surface area contributed by atoms with Crippen LogP contribution in [0.15, 0.2) is 0 Å². The SMILES string of the molecule is COC(=O)[C@H]1CC[C@@H](CCCO)N1C(=O)OC(C)(C)C. The lowest BCUT2D eigenvalue weighted by Gasteiger charge is -2.31. The molecule has 0 unspecified atom stereocenters. The molecule has 20 heavy (non-hydrogen) atoms. The largest absolute Gasteiger partial charge is 0.467 e. The van der Waals surface area contributed by atoms with E-state index in [0.717, 1.165) is 6.42 Å². The molecule has 0 aromatic rings. The standard InChI is InChI=1S/C14H25NO5/c1-14(2,3)20-13(18)15-10(6-5-9-16)7-8-11(15)12(17)19-4/h10-11,16H,5-9H2,1-4H3/t10-,11-/m1/s1. The van der Waals surface area contributed by atoms with E-state index in [1.165, 1.54) is 12.0 Å². The third-order valence-electron chi connectivity index (χ3n) is 3.28. The van der Waals surface area contributed by atoms with Crippen molar-refractivity contribution in [1.29, 1.82) is 0 Å². The van der Waals surface area contributed by atoms with Crippen molar-refractivity contribution in [2.24, 2.45) is 0 Å². The first-order valence-electron chi connectivity index (χ1n) is 7.00. The molecule has 2 atom stereocenters. The highest BCUT2D eigenvalue weighted by Crippen LogP contribution is 2.29. The summed E-state index contributed by atoms with van der Waals surface area (Å²) < 4.78 is 10.1. The van der Waals surface area contributed by atoms with Crippen LogP contribution in [0.4, 0.5) is 4.79 Å². The number of rotatable bonds is 4. The van der Waals surface area contributed by atoms with Gasteiger partial charge in [-0.05, 0) is 46.5 Å².